The number of nitrogens with zero attached hydrogens (tertiary/aromatic N) is 2. The van der Waals surface area contributed by atoms with Crippen LogP contribution in [0.5, 0.6) is 0 Å². The summed E-state index contributed by atoms with van der Waals surface area (Å²) in [5.41, 5.74) is 2.02. The van der Waals surface area contributed by atoms with E-state index in [9.17, 15) is 4.91 Å². The molecule has 0 N–H and O–H groups in total. The van der Waals surface area contributed by atoms with Gasteiger partial charge in [-0.3, -0.25) is 0 Å². The summed E-state index contributed by atoms with van der Waals surface area (Å²) in [7, 11) is 0. The number of allylic oxidation sites excluding steroid dienone is 3. The lowest BCUT2D eigenvalue weighted by Crippen LogP contribution is -2.11. The fraction of sp³-hybridized carbons (Fsp3) is 0.0667. The van der Waals surface area contributed by atoms with E-state index in [0.29, 0.717) is 12.2 Å². The minimum atomic E-state index is 0.434. The number of rotatable bonds is 3. The lowest BCUT2D eigenvalue weighted by Gasteiger charge is -2.16. The Labute approximate surface area is 106 Å². The standard InChI is InChI=1S/C15H12N2O/c1-2-10-17-11-8-14(9-12-17)15(16-18)13-6-4-3-5-7-13/h1,3-9,11-12H,10H2. The van der Waals surface area contributed by atoms with Crippen LogP contribution in [0.4, 0.5) is 0 Å². The third-order valence-electron chi connectivity index (χ3n) is 2.58. The second kappa shape index (κ2) is 5.65. The van der Waals surface area contributed by atoms with Gasteiger partial charge in [0.15, 0.2) is 0 Å². The van der Waals surface area contributed by atoms with Gasteiger partial charge in [0.2, 0.25) is 0 Å². The fourth-order valence-corrected chi connectivity index (χ4v) is 1.69. The predicted octanol–water partition coefficient (Wildman–Crippen LogP) is 3.14. The van der Waals surface area contributed by atoms with Gasteiger partial charge in [-0.2, -0.15) is 0 Å². The average molecular weight is 236 g/mol. The molecule has 1 aromatic rings. The van der Waals surface area contributed by atoms with Gasteiger partial charge >= 0.3 is 0 Å². The maximum Gasteiger partial charge on any atom is 0.122 e. The van der Waals surface area contributed by atoms with Gasteiger partial charge in [0.25, 0.3) is 0 Å². The molecule has 1 aliphatic rings. The smallest absolute Gasteiger partial charge is 0.122 e. The van der Waals surface area contributed by atoms with Crippen LogP contribution in [0.15, 0.2) is 65.6 Å². The number of hydrogen-bond acceptors (Lipinski definition) is 3. The molecule has 1 aliphatic heterocycles. The van der Waals surface area contributed by atoms with Crippen LogP contribution in [-0.4, -0.2) is 11.4 Å². The summed E-state index contributed by atoms with van der Waals surface area (Å²) in [5, 5.41) is 3.12. The van der Waals surface area contributed by atoms with E-state index in [4.69, 9.17) is 6.42 Å². The summed E-state index contributed by atoms with van der Waals surface area (Å²) in [6.07, 6.45) is 12.6. The van der Waals surface area contributed by atoms with E-state index in [2.05, 4.69) is 11.1 Å². The van der Waals surface area contributed by atoms with Crippen molar-refractivity contribution in [1.82, 2.24) is 4.90 Å². The maximum atomic E-state index is 11.0. The topological polar surface area (TPSA) is 32.7 Å². The van der Waals surface area contributed by atoms with E-state index in [-0.39, 0.29) is 0 Å². The van der Waals surface area contributed by atoms with Crippen molar-refractivity contribution in [1.29, 1.82) is 0 Å². The largest absolute Gasteiger partial charge is 0.343 e. The Hall–Kier alpha value is -2.60. The highest BCUT2D eigenvalue weighted by Gasteiger charge is 2.08. The van der Waals surface area contributed by atoms with Crippen molar-refractivity contribution in [3.63, 3.8) is 0 Å². The van der Waals surface area contributed by atoms with Crippen LogP contribution in [0.25, 0.3) is 5.70 Å². The molecule has 1 aromatic carbocycles. The van der Waals surface area contributed by atoms with Crippen molar-refractivity contribution < 1.29 is 0 Å². The van der Waals surface area contributed by atoms with Crippen LogP contribution in [0, 0.1) is 17.3 Å². The van der Waals surface area contributed by atoms with Crippen LogP contribution in [0.2, 0.25) is 0 Å². The van der Waals surface area contributed by atoms with Gasteiger partial charge in [0.05, 0.1) is 6.54 Å². The van der Waals surface area contributed by atoms with Crippen molar-refractivity contribution in [2.24, 2.45) is 5.18 Å². The van der Waals surface area contributed by atoms with E-state index in [1.165, 1.54) is 0 Å². The Morgan fingerprint density at radius 1 is 1.22 bits per heavy atom. The zero-order chi connectivity index (χ0) is 12.8. The molecular formula is C15H12N2O. The Morgan fingerprint density at radius 2 is 1.89 bits per heavy atom. The summed E-state index contributed by atoms with van der Waals surface area (Å²) < 4.78 is 0. The molecule has 0 fully saturated rings. The van der Waals surface area contributed by atoms with Crippen LogP contribution >= 0.6 is 0 Å². The molecule has 3 nitrogen and oxygen atoms in total. The zero-order valence-corrected chi connectivity index (χ0v) is 9.78. The first kappa shape index (κ1) is 11.9. The normalized spacial score (nSPS) is 13.3. The molecule has 0 aliphatic carbocycles. The highest BCUT2D eigenvalue weighted by atomic mass is 16.3. The van der Waals surface area contributed by atoms with Crippen molar-refractivity contribution in [3.8, 4) is 12.3 Å². The third kappa shape index (κ3) is 2.55. The van der Waals surface area contributed by atoms with Gasteiger partial charge in [-0.15, -0.1) is 11.3 Å². The second-order valence-electron chi connectivity index (χ2n) is 3.77. The molecule has 0 saturated heterocycles. The van der Waals surface area contributed by atoms with Gasteiger partial charge in [0, 0.05) is 23.5 Å². The highest BCUT2D eigenvalue weighted by Crippen LogP contribution is 2.23. The first-order chi connectivity index (χ1) is 8.85. The van der Waals surface area contributed by atoms with Crippen molar-refractivity contribution in [2.45, 2.75) is 0 Å². The number of hydrogen-bond donors (Lipinski definition) is 0. The monoisotopic (exact) mass is 236 g/mol. The van der Waals surface area contributed by atoms with E-state index in [0.717, 1.165) is 11.1 Å². The Balaban J connectivity index is 2.32. The summed E-state index contributed by atoms with van der Waals surface area (Å²) in [6, 6.07) is 9.38. The van der Waals surface area contributed by atoms with Crippen LogP contribution in [0.1, 0.15) is 5.56 Å². The minimum Gasteiger partial charge on any atom is -0.343 e. The number of nitroso groups, excluding NO2 is 1. The maximum absolute atomic E-state index is 11.0. The van der Waals surface area contributed by atoms with E-state index in [1.807, 2.05) is 59.8 Å². The summed E-state index contributed by atoms with van der Waals surface area (Å²) >= 11 is 0. The van der Waals surface area contributed by atoms with Crippen molar-refractivity contribution >= 4 is 5.70 Å². The van der Waals surface area contributed by atoms with E-state index < -0.39 is 0 Å². The molecule has 0 bridgehead atoms. The molecule has 0 unspecified atom stereocenters. The molecule has 0 radical (unpaired) electrons. The summed E-state index contributed by atoms with van der Waals surface area (Å²) in [4.78, 5) is 12.8. The fourth-order valence-electron chi connectivity index (χ4n) is 1.69. The van der Waals surface area contributed by atoms with E-state index in [1.54, 1.807) is 0 Å². The van der Waals surface area contributed by atoms with Gasteiger partial charge in [-0.05, 0) is 17.3 Å². The van der Waals surface area contributed by atoms with Gasteiger partial charge in [-0.25, -0.2) is 0 Å². The molecule has 88 valence electrons. The third-order valence-corrected chi connectivity index (χ3v) is 2.58. The predicted molar refractivity (Wildman–Crippen MR) is 73.0 cm³/mol. The SMILES string of the molecule is C#CCN1C=CC(=C(N=O)c2ccccc2)C=C1. The zero-order valence-electron chi connectivity index (χ0n) is 9.78. The molecular weight excluding hydrogens is 224 g/mol. The highest BCUT2D eigenvalue weighted by molar-refractivity contribution is 5.72. The van der Waals surface area contributed by atoms with E-state index >= 15 is 0 Å². The first-order valence-electron chi connectivity index (χ1n) is 5.54. The Morgan fingerprint density at radius 3 is 2.44 bits per heavy atom. The molecule has 0 saturated carbocycles. The van der Waals surface area contributed by atoms with Crippen molar-refractivity contribution in [2.75, 3.05) is 6.54 Å². The summed E-state index contributed by atoms with van der Waals surface area (Å²) in [6.45, 7) is 0.509. The van der Waals surface area contributed by atoms with Gasteiger partial charge in [0.1, 0.15) is 5.70 Å². The quantitative estimate of drug-likeness (QED) is 0.596. The average Bonchev–Trinajstić information content (AvgIpc) is 2.43. The van der Waals surface area contributed by atoms with Gasteiger partial charge in [-0.1, -0.05) is 36.3 Å². The molecule has 3 heteroatoms. The van der Waals surface area contributed by atoms with Crippen LogP contribution in [-0.2, 0) is 0 Å². The second-order valence-corrected chi connectivity index (χ2v) is 3.77. The molecule has 0 aromatic heterocycles. The summed E-state index contributed by atoms with van der Waals surface area (Å²) in [5.74, 6) is 2.55. The van der Waals surface area contributed by atoms with Crippen LogP contribution < -0.4 is 0 Å². The Bertz CT molecular complexity index is 546. The van der Waals surface area contributed by atoms with Gasteiger partial charge < -0.3 is 4.90 Å². The Kier molecular flexibility index (Phi) is 3.72. The molecule has 0 atom stereocenters. The molecule has 1 heterocycles. The van der Waals surface area contributed by atoms with Crippen LogP contribution in [0.3, 0.4) is 0 Å². The molecule has 2 rings (SSSR count). The van der Waals surface area contributed by atoms with Crippen molar-refractivity contribution in [3.05, 3.63) is 70.9 Å². The first-order valence-corrected chi connectivity index (χ1v) is 5.54. The molecule has 18 heavy (non-hydrogen) atoms. The number of benzene rings is 1. The minimum absolute atomic E-state index is 0.434. The molecule has 0 amide bonds. The lowest BCUT2D eigenvalue weighted by molar-refractivity contribution is 0.570. The molecule has 0 spiro atoms. The number of terminal acetylenes is 1. The lowest BCUT2D eigenvalue weighted by atomic mass is 10.1.